The van der Waals surface area contributed by atoms with Crippen molar-refractivity contribution in [1.29, 1.82) is 0 Å². The van der Waals surface area contributed by atoms with E-state index in [9.17, 15) is 8.78 Å². The maximum atomic E-state index is 14.2. The normalized spacial score (nSPS) is 14.6. The third-order valence-electron chi connectivity index (χ3n) is 4.31. The van der Waals surface area contributed by atoms with E-state index >= 15 is 0 Å². The van der Waals surface area contributed by atoms with Gasteiger partial charge in [0.25, 0.3) is 0 Å². The summed E-state index contributed by atoms with van der Waals surface area (Å²) in [5, 5.41) is 2.11. The van der Waals surface area contributed by atoms with Crippen LogP contribution in [-0.2, 0) is 19.5 Å². The molecule has 1 radical (unpaired) electrons. The number of hydrogen-bond acceptors (Lipinski definition) is 2. The Kier molecular flexibility index (Phi) is 6.92. The molecule has 1 aliphatic rings. The minimum atomic E-state index is -0.644. The first kappa shape index (κ1) is 19.1. The molecule has 0 aromatic heterocycles. The molecule has 5 heteroatoms. The number of rotatable bonds is 3. The second-order valence-corrected chi connectivity index (χ2v) is 5.93. The fourth-order valence-corrected chi connectivity index (χ4v) is 3.24. The Hall–Kier alpha value is -1.28. The Labute approximate surface area is 159 Å². The van der Waals surface area contributed by atoms with Gasteiger partial charge in [-0.25, -0.2) is 8.78 Å². The molecule has 0 saturated heterocycles. The van der Waals surface area contributed by atoms with E-state index in [-0.39, 0.29) is 30.7 Å². The molecule has 1 aliphatic carbocycles. The van der Waals surface area contributed by atoms with Gasteiger partial charge in [-0.3, -0.25) is 0 Å². The molecule has 1 nitrogen and oxygen atoms in total. The number of hydrogen-bond donors (Lipinski definition) is 0. The molecule has 1 saturated carbocycles. The van der Waals surface area contributed by atoms with Crippen LogP contribution in [0.3, 0.4) is 0 Å². The van der Waals surface area contributed by atoms with Gasteiger partial charge in [0, 0.05) is 12.1 Å². The predicted octanol–water partition coefficient (Wildman–Crippen LogP) is 6.23. The Balaban J connectivity index is 0.00000208. The molecular weight excluding hydrogens is 413 g/mol. The van der Waals surface area contributed by atoms with Gasteiger partial charge in [-0.15, -0.1) is 0 Å². The molecule has 0 heterocycles. The van der Waals surface area contributed by atoms with E-state index in [0.717, 1.165) is 25.7 Å². The van der Waals surface area contributed by atoms with Gasteiger partial charge in [0.15, 0.2) is 0 Å². The topological polar surface area (TPSA) is 12.4 Å². The van der Waals surface area contributed by atoms with E-state index in [0.29, 0.717) is 11.5 Å². The molecule has 3 rings (SSSR count). The summed E-state index contributed by atoms with van der Waals surface area (Å²) in [6.07, 6.45) is 6.88. The SMILES string of the molecule is Fc1cc(N=C=S)cc(F)c1-c1ccc(C2CC[CH-]CC2)cc1.[Ru+]. The first-order chi connectivity index (χ1) is 11.2. The van der Waals surface area contributed by atoms with E-state index in [4.69, 9.17) is 0 Å². The van der Waals surface area contributed by atoms with E-state index in [1.807, 2.05) is 12.1 Å². The number of thiocarbonyl (C=S) groups is 1. The van der Waals surface area contributed by atoms with E-state index in [1.54, 1.807) is 12.1 Å². The van der Waals surface area contributed by atoms with Crippen molar-refractivity contribution in [3.05, 3.63) is 60.0 Å². The molecule has 125 valence electrons. The molecule has 0 unspecified atom stereocenters. The molecule has 24 heavy (non-hydrogen) atoms. The van der Waals surface area contributed by atoms with Crippen LogP contribution < -0.4 is 0 Å². The Bertz CT molecular complexity index is 725. The summed E-state index contributed by atoms with van der Waals surface area (Å²) in [5.41, 5.74) is 1.87. The standard InChI is InChI=1S/C19H16F2NS.Ru/c20-17-10-16(22-12-23)11-18(21)19(17)15-8-6-14(7-9-15)13-4-2-1-3-5-13;/h1,6-11,13H,2-5H2;/q-1;+1. The Morgan fingerprint density at radius 3 is 2.17 bits per heavy atom. The third-order valence-corrected chi connectivity index (χ3v) is 4.40. The number of isothiocyanates is 1. The zero-order valence-electron chi connectivity index (χ0n) is 12.9. The van der Waals surface area contributed by atoms with Crippen molar-refractivity contribution < 1.29 is 28.3 Å². The predicted molar refractivity (Wildman–Crippen MR) is 92.0 cm³/mol. The smallest absolute Gasteiger partial charge is 0.328 e. The fraction of sp³-hybridized carbons (Fsp3) is 0.263. The van der Waals surface area contributed by atoms with E-state index < -0.39 is 11.6 Å². The Morgan fingerprint density at radius 1 is 1.04 bits per heavy atom. The molecular formula is C19H16F2NRuS. The molecule has 1 fully saturated rings. The van der Waals surface area contributed by atoms with Crippen LogP contribution in [0.4, 0.5) is 14.5 Å². The van der Waals surface area contributed by atoms with Gasteiger partial charge in [-0.2, -0.15) is 17.8 Å². The summed E-state index contributed by atoms with van der Waals surface area (Å²) in [6, 6.07) is 9.88. The van der Waals surface area contributed by atoms with Crippen molar-refractivity contribution in [3.8, 4) is 11.1 Å². The van der Waals surface area contributed by atoms with Gasteiger partial charge in [0.1, 0.15) is 11.6 Å². The maximum Gasteiger partial charge on any atom is 1.00 e. The summed E-state index contributed by atoms with van der Waals surface area (Å²) < 4.78 is 28.4. The first-order valence-electron chi connectivity index (χ1n) is 7.68. The Morgan fingerprint density at radius 2 is 1.62 bits per heavy atom. The van der Waals surface area contributed by atoms with Gasteiger partial charge in [0.05, 0.1) is 16.4 Å². The number of halogens is 2. The molecule has 0 amide bonds. The van der Waals surface area contributed by atoms with Gasteiger partial charge in [-0.1, -0.05) is 37.1 Å². The average molecular weight is 429 g/mol. The summed E-state index contributed by atoms with van der Waals surface area (Å²) in [5.74, 6) is -0.744. The van der Waals surface area contributed by atoms with Gasteiger partial charge < -0.3 is 6.42 Å². The molecule has 0 spiro atoms. The van der Waals surface area contributed by atoms with Crippen molar-refractivity contribution in [2.75, 3.05) is 0 Å². The van der Waals surface area contributed by atoms with Gasteiger partial charge >= 0.3 is 19.5 Å². The van der Waals surface area contributed by atoms with Crippen LogP contribution in [0, 0.1) is 18.1 Å². The van der Waals surface area contributed by atoms with Crippen LogP contribution in [-0.4, -0.2) is 5.16 Å². The quantitative estimate of drug-likeness (QED) is 0.244. The van der Waals surface area contributed by atoms with Crippen molar-refractivity contribution in [3.63, 3.8) is 0 Å². The van der Waals surface area contributed by atoms with Crippen LogP contribution in [0.5, 0.6) is 0 Å². The molecule has 2 aromatic rings. The van der Waals surface area contributed by atoms with Crippen molar-refractivity contribution in [2.24, 2.45) is 4.99 Å². The molecule has 0 N–H and O–H groups in total. The fourth-order valence-electron chi connectivity index (χ4n) is 3.13. The van der Waals surface area contributed by atoms with Crippen LogP contribution in [0.25, 0.3) is 11.1 Å². The first-order valence-corrected chi connectivity index (χ1v) is 8.09. The molecule has 2 aromatic carbocycles. The second-order valence-electron chi connectivity index (χ2n) is 5.75. The third kappa shape index (κ3) is 4.22. The number of aliphatic imine (C=N–C) groups is 1. The minimum absolute atomic E-state index is 0. The van der Waals surface area contributed by atoms with Crippen LogP contribution in [0.15, 0.2) is 41.4 Å². The average Bonchev–Trinajstić information content (AvgIpc) is 2.56. The molecule has 0 aliphatic heterocycles. The number of benzene rings is 2. The van der Waals surface area contributed by atoms with Crippen LogP contribution >= 0.6 is 12.2 Å². The summed E-state index contributed by atoms with van der Waals surface area (Å²) >= 11 is 4.46. The summed E-state index contributed by atoms with van der Waals surface area (Å²) in [4.78, 5) is 3.62. The van der Waals surface area contributed by atoms with Crippen LogP contribution in [0.2, 0.25) is 0 Å². The summed E-state index contributed by atoms with van der Waals surface area (Å²) in [6.45, 7) is 0. The van der Waals surface area contributed by atoms with Crippen molar-refractivity contribution in [2.45, 2.75) is 31.6 Å². The van der Waals surface area contributed by atoms with Crippen molar-refractivity contribution in [1.82, 2.24) is 0 Å². The monoisotopic (exact) mass is 430 g/mol. The van der Waals surface area contributed by atoms with E-state index in [1.165, 1.54) is 17.7 Å². The van der Waals surface area contributed by atoms with Gasteiger partial charge in [-0.05, 0) is 29.3 Å². The maximum absolute atomic E-state index is 14.2. The molecule has 0 atom stereocenters. The van der Waals surface area contributed by atoms with E-state index in [2.05, 4.69) is 28.8 Å². The molecule has 0 bridgehead atoms. The number of nitrogens with zero attached hydrogens (tertiary/aromatic N) is 1. The summed E-state index contributed by atoms with van der Waals surface area (Å²) in [7, 11) is 0. The largest absolute Gasteiger partial charge is 1.00 e. The minimum Gasteiger partial charge on any atom is -0.328 e. The van der Waals surface area contributed by atoms with Gasteiger partial charge in [0.2, 0.25) is 0 Å². The van der Waals surface area contributed by atoms with Crippen molar-refractivity contribution >= 4 is 23.1 Å². The zero-order valence-corrected chi connectivity index (χ0v) is 15.5. The van der Waals surface area contributed by atoms with Crippen LogP contribution in [0.1, 0.15) is 37.2 Å². The second kappa shape index (κ2) is 8.71. The zero-order chi connectivity index (χ0) is 16.2.